The van der Waals surface area contributed by atoms with Crippen LogP contribution in [0.5, 0.6) is 0 Å². The Bertz CT molecular complexity index is 818. The smallest absolute Gasteiger partial charge is 0.264 e. The van der Waals surface area contributed by atoms with Crippen LogP contribution in [0.25, 0.3) is 11.0 Å². The molecule has 0 saturated carbocycles. The highest BCUT2D eigenvalue weighted by Gasteiger charge is 2.28. The van der Waals surface area contributed by atoms with Crippen molar-refractivity contribution in [3.8, 4) is 0 Å². The van der Waals surface area contributed by atoms with Crippen molar-refractivity contribution in [2.75, 3.05) is 13.1 Å². The van der Waals surface area contributed by atoms with E-state index in [2.05, 4.69) is 4.98 Å². The minimum atomic E-state index is 0.165. The molecule has 2 aromatic heterocycles. The zero-order chi connectivity index (χ0) is 15.8. The van der Waals surface area contributed by atoms with Gasteiger partial charge in [0.1, 0.15) is 5.82 Å². The van der Waals surface area contributed by atoms with Crippen LogP contribution in [0.3, 0.4) is 0 Å². The first-order chi connectivity index (χ1) is 11.2. The van der Waals surface area contributed by atoms with Crippen LogP contribution in [-0.2, 0) is 0 Å². The molecule has 1 fully saturated rings. The number of nitrogens with zero attached hydrogens (tertiary/aromatic N) is 2. The molecule has 0 unspecified atom stereocenters. The van der Waals surface area contributed by atoms with Gasteiger partial charge in [-0.2, -0.15) is 0 Å². The van der Waals surface area contributed by atoms with Gasteiger partial charge in [-0.25, -0.2) is 4.98 Å². The number of fused-ring (bicyclic) bond motifs is 1. The van der Waals surface area contributed by atoms with Gasteiger partial charge in [0.15, 0.2) is 0 Å². The van der Waals surface area contributed by atoms with Crippen LogP contribution >= 0.6 is 11.3 Å². The highest BCUT2D eigenvalue weighted by atomic mass is 32.1. The fraction of sp³-hybridized carbons (Fsp3) is 0.333. The van der Waals surface area contributed by atoms with Gasteiger partial charge in [-0.05, 0) is 48.9 Å². The predicted octanol–water partition coefficient (Wildman–Crippen LogP) is 3.95. The summed E-state index contributed by atoms with van der Waals surface area (Å²) in [6.07, 6.45) is 2.10. The van der Waals surface area contributed by atoms with E-state index in [1.807, 2.05) is 47.5 Å². The molecule has 1 saturated heterocycles. The second-order valence-corrected chi connectivity index (χ2v) is 7.08. The summed E-state index contributed by atoms with van der Waals surface area (Å²) in [5.41, 5.74) is 3.14. The molecule has 3 heterocycles. The number of hydrogen-bond donors (Lipinski definition) is 1. The number of carbonyl (C=O) groups is 1. The Labute approximate surface area is 139 Å². The van der Waals surface area contributed by atoms with Gasteiger partial charge in [-0.15, -0.1) is 11.3 Å². The van der Waals surface area contributed by atoms with E-state index in [9.17, 15) is 4.79 Å². The van der Waals surface area contributed by atoms with E-state index in [1.165, 1.54) is 11.3 Å². The molecular formula is C18H19N3OS. The van der Waals surface area contributed by atoms with Crippen molar-refractivity contribution in [1.29, 1.82) is 0 Å². The maximum atomic E-state index is 12.7. The fourth-order valence-electron chi connectivity index (χ4n) is 3.29. The molecule has 1 aliphatic rings. The zero-order valence-electron chi connectivity index (χ0n) is 13.1. The first-order valence-electron chi connectivity index (χ1n) is 8.00. The Hall–Kier alpha value is -2.14. The molecule has 3 aromatic rings. The third-order valence-electron chi connectivity index (χ3n) is 4.56. The molecule has 1 atom stereocenters. The Morgan fingerprint density at radius 2 is 2.22 bits per heavy atom. The average Bonchev–Trinajstić information content (AvgIpc) is 3.20. The Balaban J connectivity index is 1.57. The topological polar surface area (TPSA) is 49.0 Å². The second-order valence-electron chi connectivity index (χ2n) is 6.16. The maximum Gasteiger partial charge on any atom is 0.264 e. The Morgan fingerprint density at radius 1 is 1.35 bits per heavy atom. The molecule has 1 amide bonds. The van der Waals surface area contributed by atoms with E-state index >= 15 is 0 Å². The number of amides is 1. The van der Waals surface area contributed by atoms with Crippen LogP contribution < -0.4 is 0 Å². The number of thiophene rings is 1. The molecule has 0 bridgehead atoms. The number of piperidine rings is 1. The molecule has 118 valence electrons. The monoisotopic (exact) mass is 325 g/mol. The number of para-hydroxylation sites is 2. The van der Waals surface area contributed by atoms with Crippen LogP contribution in [-0.4, -0.2) is 33.9 Å². The number of aromatic amines is 1. The number of imidazole rings is 1. The van der Waals surface area contributed by atoms with Gasteiger partial charge < -0.3 is 9.88 Å². The van der Waals surface area contributed by atoms with Crippen LogP contribution in [0.15, 0.2) is 35.7 Å². The number of nitrogens with one attached hydrogen (secondary N) is 1. The van der Waals surface area contributed by atoms with E-state index in [-0.39, 0.29) is 5.91 Å². The number of benzene rings is 1. The molecule has 5 heteroatoms. The van der Waals surface area contributed by atoms with Gasteiger partial charge in [0, 0.05) is 19.0 Å². The average molecular weight is 325 g/mol. The molecule has 1 aromatic carbocycles. The van der Waals surface area contributed by atoms with Crippen LogP contribution in [0.4, 0.5) is 0 Å². The van der Waals surface area contributed by atoms with Gasteiger partial charge in [-0.3, -0.25) is 4.79 Å². The summed E-state index contributed by atoms with van der Waals surface area (Å²) in [6, 6.07) is 10.1. The number of aryl methyl sites for hydroxylation is 1. The molecular weight excluding hydrogens is 306 g/mol. The summed E-state index contributed by atoms with van der Waals surface area (Å²) in [4.78, 5) is 23.7. The number of aromatic nitrogens is 2. The number of H-pyrrole nitrogens is 1. The van der Waals surface area contributed by atoms with E-state index in [0.717, 1.165) is 53.2 Å². The summed E-state index contributed by atoms with van der Waals surface area (Å²) in [5.74, 6) is 1.46. The number of hydrogen-bond acceptors (Lipinski definition) is 3. The van der Waals surface area contributed by atoms with Crippen LogP contribution in [0.2, 0.25) is 0 Å². The highest BCUT2D eigenvalue weighted by Crippen LogP contribution is 2.28. The Morgan fingerprint density at radius 3 is 3.00 bits per heavy atom. The van der Waals surface area contributed by atoms with Gasteiger partial charge in [0.05, 0.1) is 15.9 Å². The first kappa shape index (κ1) is 14.5. The lowest BCUT2D eigenvalue weighted by molar-refractivity contribution is 0.0709. The van der Waals surface area contributed by atoms with Gasteiger partial charge in [0.25, 0.3) is 5.91 Å². The highest BCUT2D eigenvalue weighted by molar-refractivity contribution is 7.12. The number of carbonyl (C=O) groups excluding carboxylic acids is 1. The Kier molecular flexibility index (Phi) is 3.65. The standard InChI is InChI=1S/C18H19N3OS/c1-12-8-10-23-16(12)18(22)21-9-4-5-13(11-21)17-19-14-6-2-3-7-15(14)20-17/h2-3,6-8,10,13H,4-5,9,11H2,1H3,(H,19,20)/t13-/m0/s1. The minimum absolute atomic E-state index is 0.165. The molecule has 1 N–H and O–H groups in total. The predicted molar refractivity (Wildman–Crippen MR) is 93.0 cm³/mol. The van der Waals surface area contributed by atoms with Crippen LogP contribution in [0, 0.1) is 6.92 Å². The summed E-state index contributed by atoms with van der Waals surface area (Å²) in [5, 5.41) is 1.99. The van der Waals surface area contributed by atoms with Crippen molar-refractivity contribution in [1.82, 2.24) is 14.9 Å². The van der Waals surface area contributed by atoms with E-state index in [4.69, 9.17) is 4.98 Å². The first-order valence-corrected chi connectivity index (χ1v) is 8.88. The van der Waals surface area contributed by atoms with Crippen molar-refractivity contribution < 1.29 is 4.79 Å². The second kappa shape index (κ2) is 5.81. The number of rotatable bonds is 2. The van der Waals surface area contributed by atoms with Crippen molar-refractivity contribution in [2.24, 2.45) is 0 Å². The lowest BCUT2D eigenvalue weighted by Gasteiger charge is -2.31. The van der Waals surface area contributed by atoms with Crippen LogP contribution in [0.1, 0.15) is 39.8 Å². The SMILES string of the molecule is Cc1ccsc1C(=O)N1CCC[C@H](c2nc3ccccc3[nH]2)C1. The zero-order valence-corrected chi connectivity index (χ0v) is 13.9. The molecule has 4 rings (SSSR count). The normalized spacial score (nSPS) is 18.5. The van der Waals surface area contributed by atoms with E-state index in [0.29, 0.717) is 5.92 Å². The van der Waals surface area contributed by atoms with Crippen molar-refractivity contribution >= 4 is 28.3 Å². The molecule has 1 aliphatic heterocycles. The third kappa shape index (κ3) is 2.65. The summed E-state index contributed by atoms with van der Waals surface area (Å²) in [6.45, 7) is 3.59. The lowest BCUT2D eigenvalue weighted by Crippen LogP contribution is -2.39. The third-order valence-corrected chi connectivity index (χ3v) is 5.56. The van der Waals surface area contributed by atoms with Crippen molar-refractivity contribution in [3.63, 3.8) is 0 Å². The quantitative estimate of drug-likeness (QED) is 0.775. The fourth-order valence-corrected chi connectivity index (χ4v) is 4.18. The molecule has 0 radical (unpaired) electrons. The minimum Gasteiger partial charge on any atom is -0.342 e. The summed E-state index contributed by atoms with van der Waals surface area (Å²) >= 11 is 1.54. The van der Waals surface area contributed by atoms with E-state index in [1.54, 1.807) is 0 Å². The van der Waals surface area contributed by atoms with Crippen molar-refractivity contribution in [2.45, 2.75) is 25.7 Å². The van der Waals surface area contributed by atoms with Gasteiger partial charge >= 0.3 is 0 Å². The molecule has 4 nitrogen and oxygen atoms in total. The largest absolute Gasteiger partial charge is 0.342 e. The molecule has 0 aliphatic carbocycles. The number of likely N-dealkylation sites (tertiary alicyclic amines) is 1. The molecule has 23 heavy (non-hydrogen) atoms. The summed E-state index contributed by atoms with van der Waals surface area (Å²) in [7, 11) is 0. The lowest BCUT2D eigenvalue weighted by atomic mass is 9.97. The summed E-state index contributed by atoms with van der Waals surface area (Å²) < 4.78 is 0. The molecule has 0 spiro atoms. The van der Waals surface area contributed by atoms with E-state index < -0.39 is 0 Å². The van der Waals surface area contributed by atoms with Gasteiger partial charge in [-0.1, -0.05) is 12.1 Å². The van der Waals surface area contributed by atoms with Gasteiger partial charge in [0.2, 0.25) is 0 Å². The van der Waals surface area contributed by atoms with Crippen molar-refractivity contribution in [3.05, 3.63) is 52.0 Å². The maximum absolute atomic E-state index is 12.7.